The molecule has 84 valence electrons. The number of hydrogen-bond donors (Lipinski definition) is 2. The summed E-state index contributed by atoms with van der Waals surface area (Å²) >= 11 is 6.99. The first-order chi connectivity index (χ1) is 7.65. The molecule has 0 atom stereocenters. The molecule has 2 aromatic rings. The predicted molar refractivity (Wildman–Crippen MR) is 75.1 cm³/mol. The summed E-state index contributed by atoms with van der Waals surface area (Å²) in [4.78, 5) is 0. The Morgan fingerprint density at radius 1 is 0.750 bits per heavy atom. The second kappa shape index (κ2) is 4.84. The van der Waals surface area contributed by atoms with Crippen molar-refractivity contribution >= 4 is 42.6 Å². The Labute approximate surface area is 111 Å². The summed E-state index contributed by atoms with van der Waals surface area (Å²) in [6.45, 7) is 1.05. The molecule has 2 nitrogen and oxygen atoms in total. The van der Waals surface area contributed by atoms with E-state index in [9.17, 15) is 0 Å². The third-order valence-electron chi connectivity index (χ3n) is 2.64. The van der Waals surface area contributed by atoms with Gasteiger partial charge in [0.05, 0.1) is 0 Å². The minimum absolute atomic E-state index is 0.524. The van der Waals surface area contributed by atoms with Gasteiger partial charge in [0.2, 0.25) is 0 Å². The maximum atomic E-state index is 5.71. The van der Waals surface area contributed by atoms with E-state index in [0.29, 0.717) is 13.1 Å². The molecule has 0 aliphatic heterocycles. The van der Waals surface area contributed by atoms with E-state index >= 15 is 0 Å². The highest BCUT2D eigenvalue weighted by molar-refractivity contribution is 9.13. The van der Waals surface area contributed by atoms with Gasteiger partial charge in [-0.1, -0.05) is 0 Å². The van der Waals surface area contributed by atoms with Crippen LogP contribution in [-0.2, 0) is 13.1 Å². The van der Waals surface area contributed by atoms with Crippen molar-refractivity contribution < 1.29 is 0 Å². The molecule has 2 rings (SSSR count). The Kier molecular flexibility index (Phi) is 3.64. The second-order valence-corrected chi connectivity index (χ2v) is 5.35. The molecule has 16 heavy (non-hydrogen) atoms. The van der Waals surface area contributed by atoms with E-state index in [1.807, 2.05) is 0 Å². The highest BCUT2D eigenvalue weighted by atomic mass is 79.9. The van der Waals surface area contributed by atoms with Gasteiger partial charge in [-0.3, -0.25) is 0 Å². The van der Waals surface area contributed by atoms with Crippen molar-refractivity contribution in [1.82, 2.24) is 0 Å². The van der Waals surface area contributed by atoms with Crippen LogP contribution in [-0.4, -0.2) is 0 Å². The van der Waals surface area contributed by atoms with Gasteiger partial charge in [0.25, 0.3) is 0 Å². The smallest absolute Gasteiger partial charge is 0.0323 e. The molecule has 0 unspecified atom stereocenters. The van der Waals surface area contributed by atoms with E-state index in [2.05, 4.69) is 56.1 Å². The third-order valence-corrected chi connectivity index (χ3v) is 4.48. The van der Waals surface area contributed by atoms with Gasteiger partial charge in [0.15, 0.2) is 0 Å². The monoisotopic (exact) mass is 342 g/mol. The fraction of sp³-hybridized carbons (Fsp3) is 0.167. The maximum Gasteiger partial charge on any atom is 0.0323 e. The van der Waals surface area contributed by atoms with Gasteiger partial charge >= 0.3 is 0 Å². The van der Waals surface area contributed by atoms with Gasteiger partial charge in [0.1, 0.15) is 0 Å². The van der Waals surface area contributed by atoms with Crippen LogP contribution in [0.4, 0.5) is 0 Å². The largest absolute Gasteiger partial charge is 0.326 e. The quantitative estimate of drug-likeness (QED) is 0.879. The number of fused-ring (bicyclic) bond motifs is 1. The molecular formula is C12H12Br2N2. The zero-order chi connectivity index (χ0) is 11.7. The summed E-state index contributed by atoms with van der Waals surface area (Å²) in [5.74, 6) is 0. The number of hydrogen-bond acceptors (Lipinski definition) is 2. The van der Waals surface area contributed by atoms with Gasteiger partial charge in [-0.25, -0.2) is 0 Å². The first kappa shape index (κ1) is 12.0. The molecule has 0 spiro atoms. The van der Waals surface area contributed by atoms with Crippen LogP contribution >= 0.6 is 31.9 Å². The van der Waals surface area contributed by atoms with Crippen molar-refractivity contribution in [1.29, 1.82) is 0 Å². The normalized spacial score (nSPS) is 11.0. The lowest BCUT2D eigenvalue weighted by Crippen LogP contribution is -2.05. The van der Waals surface area contributed by atoms with E-state index in [1.54, 1.807) is 0 Å². The molecule has 0 aromatic heterocycles. The summed E-state index contributed by atoms with van der Waals surface area (Å²) < 4.78 is 2.09. The molecule has 0 heterocycles. The Balaban J connectivity index is 2.73. The zero-order valence-electron chi connectivity index (χ0n) is 8.63. The lowest BCUT2D eigenvalue weighted by Gasteiger charge is -2.09. The van der Waals surface area contributed by atoms with E-state index in [1.165, 1.54) is 10.8 Å². The van der Waals surface area contributed by atoms with Crippen LogP contribution < -0.4 is 11.5 Å². The summed E-state index contributed by atoms with van der Waals surface area (Å²) in [6.07, 6.45) is 0. The standard InChI is InChI=1S/C12H12Br2N2/c13-11-3-7-1-9(5-15)10(6-16)2-8(7)4-12(11)14/h1-4H,5-6,15-16H2. The topological polar surface area (TPSA) is 52.0 Å². The molecule has 0 bridgehead atoms. The highest BCUT2D eigenvalue weighted by Gasteiger charge is 2.05. The van der Waals surface area contributed by atoms with Gasteiger partial charge in [0, 0.05) is 22.0 Å². The Bertz CT molecular complexity index is 490. The Morgan fingerprint density at radius 2 is 1.12 bits per heavy atom. The van der Waals surface area contributed by atoms with Crippen molar-refractivity contribution in [2.75, 3.05) is 0 Å². The van der Waals surface area contributed by atoms with Crippen molar-refractivity contribution in [2.45, 2.75) is 13.1 Å². The van der Waals surface area contributed by atoms with Crippen LogP contribution in [0, 0.1) is 0 Å². The van der Waals surface area contributed by atoms with Crippen LogP contribution in [0.5, 0.6) is 0 Å². The summed E-state index contributed by atoms with van der Waals surface area (Å²) in [7, 11) is 0. The molecule has 0 amide bonds. The number of benzene rings is 2. The van der Waals surface area contributed by atoms with Crippen molar-refractivity contribution in [3.8, 4) is 0 Å². The summed E-state index contributed by atoms with van der Waals surface area (Å²) in [6, 6.07) is 8.38. The van der Waals surface area contributed by atoms with E-state index in [0.717, 1.165) is 20.1 Å². The molecule has 0 aliphatic carbocycles. The summed E-state index contributed by atoms with van der Waals surface area (Å²) in [5, 5.41) is 2.35. The van der Waals surface area contributed by atoms with Crippen LogP contribution in [0.1, 0.15) is 11.1 Å². The van der Waals surface area contributed by atoms with Gasteiger partial charge in [-0.15, -0.1) is 0 Å². The third kappa shape index (κ3) is 2.15. The van der Waals surface area contributed by atoms with Crippen molar-refractivity contribution in [2.24, 2.45) is 11.5 Å². The average molecular weight is 344 g/mol. The van der Waals surface area contributed by atoms with Crippen LogP contribution in [0.2, 0.25) is 0 Å². The SMILES string of the molecule is NCc1cc2cc(Br)c(Br)cc2cc1CN. The number of rotatable bonds is 2. The molecule has 0 saturated heterocycles. The van der Waals surface area contributed by atoms with Gasteiger partial charge in [-0.05, 0) is 78.0 Å². The molecule has 4 heteroatoms. The molecule has 0 radical (unpaired) electrons. The molecule has 0 aliphatic rings. The maximum absolute atomic E-state index is 5.71. The van der Waals surface area contributed by atoms with E-state index in [4.69, 9.17) is 11.5 Å². The minimum atomic E-state index is 0.524. The molecule has 4 N–H and O–H groups in total. The first-order valence-corrected chi connectivity index (χ1v) is 6.55. The van der Waals surface area contributed by atoms with Gasteiger partial charge in [-0.2, -0.15) is 0 Å². The van der Waals surface area contributed by atoms with Gasteiger partial charge < -0.3 is 11.5 Å². The van der Waals surface area contributed by atoms with Crippen LogP contribution in [0.15, 0.2) is 33.2 Å². The first-order valence-electron chi connectivity index (χ1n) is 4.96. The fourth-order valence-corrected chi connectivity index (χ4v) is 2.49. The van der Waals surface area contributed by atoms with Crippen molar-refractivity contribution in [3.05, 3.63) is 44.3 Å². The van der Waals surface area contributed by atoms with E-state index < -0.39 is 0 Å². The van der Waals surface area contributed by atoms with E-state index in [-0.39, 0.29) is 0 Å². The Morgan fingerprint density at radius 3 is 1.44 bits per heavy atom. The predicted octanol–water partition coefficient (Wildman–Crippen LogP) is 3.28. The highest BCUT2D eigenvalue weighted by Crippen LogP contribution is 2.30. The zero-order valence-corrected chi connectivity index (χ0v) is 11.8. The number of nitrogens with two attached hydrogens (primary N) is 2. The average Bonchev–Trinajstić information content (AvgIpc) is 2.29. The molecule has 2 aromatic carbocycles. The second-order valence-electron chi connectivity index (χ2n) is 3.64. The lowest BCUT2D eigenvalue weighted by atomic mass is 10.0. The Hall–Kier alpha value is -0.420. The molecular weight excluding hydrogens is 332 g/mol. The van der Waals surface area contributed by atoms with Crippen molar-refractivity contribution in [3.63, 3.8) is 0 Å². The molecule has 0 fully saturated rings. The van der Waals surface area contributed by atoms with Crippen LogP contribution in [0.25, 0.3) is 10.8 Å². The minimum Gasteiger partial charge on any atom is -0.326 e. The van der Waals surface area contributed by atoms with Crippen LogP contribution in [0.3, 0.4) is 0 Å². The number of halogens is 2. The molecule has 0 saturated carbocycles. The summed E-state index contributed by atoms with van der Waals surface area (Å²) in [5.41, 5.74) is 13.6. The lowest BCUT2D eigenvalue weighted by molar-refractivity contribution is 0.985. The fourth-order valence-electron chi connectivity index (χ4n) is 1.77.